The zero-order chi connectivity index (χ0) is 15.9. The summed E-state index contributed by atoms with van der Waals surface area (Å²) in [7, 11) is 0. The Balaban J connectivity index is 1.78. The van der Waals surface area contributed by atoms with Gasteiger partial charge in [0.15, 0.2) is 0 Å². The lowest BCUT2D eigenvalue weighted by molar-refractivity contribution is -0.132. The summed E-state index contributed by atoms with van der Waals surface area (Å²) in [6.45, 7) is 13.5. The van der Waals surface area contributed by atoms with Crippen LogP contribution in [-0.2, 0) is 11.3 Å². The van der Waals surface area contributed by atoms with Gasteiger partial charge in [-0.2, -0.15) is 0 Å². The lowest BCUT2D eigenvalue weighted by Gasteiger charge is -2.35. The number of piperazine rings is 1. The van der Waals surface area contributed by atoms with Crippen molar-refractivity contribution < 1.29 is 4.79 Å². The fourth-order valence-electron chi connectivity index (χ4n) is 3.00. The summed E-state index contributed by atoms with van der Waals surface area (Å²) in [6, 6.07) is 8.59. The van der Waals surface area contributed by atoms with Crippen LogP contribution in [0.4, 0.5) is 0 Å². The van der Waals surface area contributed by atoms with E-state index in [9.17, 15) is 4.79 Å². The second-order valence-corrected chi connectivity index (χ2v) is 6.04. The van der Waals surface area contributed by atoms with Gasteiger partial charge in [-0.15, -0.1) is 0 Å². The Hall–Kier alpha value is -1.39. The van der Waals surface area contributed by atoms with Crippen LogP contribution in [0, 0.1) is 6.92 Å². The van der Waals surface area contributed by atoms with Crippen molar-refractivity contribution in [2.75, 3.05) is 45.8 Å². The van der Waals surface area contributed by atoms with Gasteiger partial charge < -0.3 is 4.90 Å². The van der Waals surface area contributed by atoms with Crippen LogP contribution in [0.2, 0.25) is 0 Å². The van der Waals surface area contributed by atoms with Gasteiger partial charge in [0.25, 0.3) is 0 Å². The number of aryl methyl sites for hydroxylation is 1. The van der Waals surface area contributed by atoms with Crippen LogP contribution in [0.1, 0.15) is 25.0 Å². The quantitative estimate of drug-likeness (QED) is 0.804. The van der Waals surface area contributed by atoms with E-state index >= 15 is 0 Å². The van der Waals surface area contributed by atoms with Crippen molar-refractivity contribution in [3.05, 3.63) is 35.4 Å². The molecule has 1 aliphatic heterocycles. The van der Waals surface area contributed by atoms with Gasteiger partial charge in [-0.25, -0.2) is 0 Å². The Morgan fingerprint density at radius 2 is 1.64 bits per heavy atom. The number of carbonyl (C=O) groups is 1. The summed E-state index contributed by atoms with van der Waals surface area (Å²) in [5.74, 6) is 0.261. The number of hydrogen-bond acceptors (Lipinski definition) is 3. The van der Waals surface area contributed by atoms with Crippen molar-refractivity contribution in [3.8, 4) is 0 Å². The topological polar surface area (TPSA) is 26.8 Å². The minimum atomic E-state index is 0.261. The van der Waals surface area contributed by atoms with Crippen molar-refractivity contribution in [2.45, 2.75) is 27.3 Å². The van der Waals surface area contributed by atoms with Crippen molar-refractivity contribution in [3.63, 3.8) is 0 Å². The molecule has 0 aromatic heterocycles. The van der Waals surface area contributed by atoms with E-state index in [1.165, 1.54) is 11.1 Å². The van der Waals surface area contributed by atoms with Crippen LogP contribution in [-0.4, -0.2) is 66.4 Å². The van der Waals surface area contributed by atoms with E-state index in [1.807, 2.05) is 18.7 Å². The molecular weight excluding hydrogens is 274 g/mol. The average molecular weight is 303 g/mol. The first kappa shape index (κ1) is 17.0. The van der Waals surface area contributed by atoms with Crippen LogP contribution >= 0.6 is 0 Å². The van der Waals surface area contributed by atoms with Crippen LogP contribution < -0.4 is 0 Å². The first-order valence-corrected chi connectivity index (χ1v) is 8.41. The maximum absolute atomic E-state index is 12.2. The molecule has 1 aromatic carbocycles. The monoisotopic (exact) mass is 303 g/mol. The molecule has 0 bridgehead atoms. The SMILES string of the molecule is CCN(CC)C(=O)CN1CCN(Cc2ccccc2C)CC1. The molecule has 0 saturated carbocycles. The fourth-order valence-corrected chi connectivity index (χ4v) is 3.00. The molecule has 0 radical (unpaired) electrons. The van der Waals surface area contributed by atoms with Gasteiger partial charge in [0.1, 0.15) is 0 Å². The highest BCUT2D eigenvalue weighted by atomic mass is 16.2. The van der Waals surface area contributed by atoms with Crippen molar-refractivity contribution in [1.29, 1.82) is 0 Å². The van der Waals surface area contributed by atoms with Gasteiger partial charge >= 0.3 is 0 Å². The second kappa shape index (κ2) is 8.30. The summed E-state index contributed by atoms with van der Waals surface area (Å²) in [5, 5.41) is 0. The Labute approximate surface area is 134 Å². The molecule has 0 aliphatic carbocycles. The number of amides is 1. The molecule has 22 heavy (non-hydrogen) atoms. The maximum atomic E-state index is 12.2. The Bertz CT molecular complexity index is 477. The minimum absolute atomic E-state index is 0.261. The summed E-state index contributed by atoms with van der Waals surface area (Å²) in [6.07, 6.45) is 0. The molecule has 1 aromatic rings. The number of hydrogen-bond donors (Lipinski definition) is 0. The molecule has 122 valence electrons. The molecule has 4 heteroatoms. The molecule has 0 spiro atoms. The molecule has 2 rings (SSSR count). The van der Waals surface area contributed by atoms with Gasteiger partial charge in [-0.1, -0.05) is 24.3 Å². The standard InChI is InChI=1S/C18H29N3O/c1-4-21(5-2)18(22)15-20-12-10-19(11-13-20)14-17-9-7-6-8-16(17)3/h6-9H,4-5,10-15H2,1-3H3. The first-order chi connectivity index (χ1) is 10.6. The van der Waals surface area contributed by atoms with Gasteiger partial charge in [-0.3, -0.25) is 14.6 Å². The lowest BCUT2D eigenvalue weighted by atomic mass is 10.1. The molecule has 1 amide bonds. The van der Waals surface area contributed by atoms with E-state index in [1.54, 1.807) is 0 Å². The van der Waals surface area contributed by atoms with Gasteiger partial charge in [0.2, 0.25) is 5.91 Å². The summed E-state index contributed by atoms with van der Waals surface area (Å²) >= 11 is 0. The van der Waals surface area contributed by atoms with Crippen molar-refractivity contribution in [1.82, 2.24) is 14.7 Å². The predicted molar refractivity (Wildman–Crippen MR) is 90.8 cm³/mol. The highest BCUT2D eigenvalue weighted by molar-refractivity contribution is 5.78. The normalized spacial score (nSPS) is 16.7. The number of carbonyl (C=O) groups excluding carboxylic acids is 1. The smallest absolute Gasteiger partial charge is 0.236 e. The molecule has 1 aliphatic rings. The van der Waals surface area contributed by atoms with E-state index in [0.717, 1.165) is 45.8 Å². The zero-order valence-corrected chi connectivity index (χ0v) is 14.2. The molecular formula is C18H29N3O. The fraction of sp³-hybridized carbons (Fsp3) is 0.611. The van der Waals surface area contributed by atoms with E-state index in [2.05, 4.69) is 41.0 Å². The van der Waals surface area contributed by atoms with E-state index in [-0.39, 0.29) is 5.91 Å². The third-order valence-corrected chi connectivity index (χ3v) is 4.60. The summed E-state index contributed by atoms with van der Waals surface area (Å²) in [5.41, 5.74) is 2.77. The Kier molecular flexibility index (Phi) is 6.40. The summed E-state index contributed by atoms with van der Waals surface area (Å²) < 4.78 is 0. The number of benzene rings is 1. The number of nitrogens with zero attached hydrogens (tertiary/aromatic N) is 3. The molecule has 1 saturated heterocycles. The molecule has 0 N–H and O–H groups in total. The number of rotatable bonds is 6. The Morgan fingerprint density at radius 1 is 1.05 bits per heavy atom. The van der Waals surface area contributed by atoms with Gasteiger partial charge in [0.05, 0.1) is 6.54 Å². The van der Waals surface area contributed by atoms with Crippen molar-refractivity contribution in [2.24, 2.45) is 0 Å². The largest absolute Gasteiger partial charge is 0.342 e. The Morgan fingerprint density at radius 3 is 2.23 bits per heavy atom. The predicted octanol–water partition coefficient (Wildman–Crippen LogP) is 1.98. The van der Waals surface area contributed by atoms with Crippen molar-refractivity contribution >= 4 is 5.91 Å². The van der Waals surface area contributed by atoms with Gasteiger partial charge in [-0.05, 0) is 31.9 Å². The zero-order valence-electron chi connectivity index (χ0n) is 14.2. The van der Waals surface area contributed by atoms with Crippen LogP contribution in [0.15, 0.2) is 24.3 Å². The third kappa shape index (κ3) is 4.55. The van der Waals surface area contributed by atoms with Crippen LogP contribution in [0.25, 0.3) is 0 Å². The van der Waals surface area contributed by atoms with Crippen LogP contribution in [0.5, 0.6) is 0 Å². The van der Waals surface area contributed by atoms with Gasteiger partial charge in [0, 0.05) is 45.8 Å². The second-order valence-electron chi connectivity index (χ2n) is 6.04. The average Bonchev–Trinajstić information content (AvgIpc) is 2.52. The highest BCUT2D eigenvalue weighted by Gasteiger charge is 2.20. The minimum Gasteiger partial charge on any atom is -0.342 e. The molecule has 0 unspecified atom stereocenters. The maximum Gasteiger partial charge on any atom is 0.236 e. The number of likely N-dealkylation sites (N-methyl/N-ethyl adjacent to an activating group) is 1. The van der Waals surface area contributed by atoms with E-state index in [4.69, 9.17) is 0 Å². The van der Waals surface area contributed by atoms with Crippen LogP contribution in [0.3, 0.4) is 0 Å². The molecule has 1 fully saturated rings. The molecule has 1 heterocycles. The highest BCUT2D eigenvalue weighted by Crippen LogP contribution is 2.12. The lowest BCUT2D eigenvalue weighted by Crippen LogP contribution is -2.49. The first-order valence-electron chi connectivity index (χ1n) is 8.41. The molecule has 0 atom stereocenters. The van der Waals surface area contributed by atoms with E-state index < -0.39 is 0 Å². The third-order valence-electron chi connectivity index (χ3n) is 4.60. The van der Waals surface area contributed by atoms with E-state index in [0.29, 0.717) is 6.54 Å². The molecule has 4 nitrogen and oxygen atoms in total. The summed E-state index contributed by atoms with van der Waals surface area (Å²) in [4.78, 5) is 18.9.